The molecule has 0 amide bonds. The van der Waals surface area contributed by atoms with Crippen LogP contribution < -0.4 is 9.47 Å². The Morgan fingerprint density at radius 1 is 0.833 bits per heavy atom. The molecule has 36 heavy (non-hydrogen) atoms. The molecule has 11 heteroatoms. The van der Waals surface area contributed by atoms with Crippen molar-refractivity contribution in [3.63, 3.8) is 0 Å². The van der Waals surface area contributed by atoms with Gasteiger partial charge in [-0.3, -0.25) is 9.69 Å². The van der Waals surface area contributed by atoms with Crippen molar-refractivity contribution in [1.82, 2.24) is 4.90 Å². The standard InChI is InChI=1S/C23H27NO6.C2H2O4/c25-22(28-17-16-27-15-12-24-10-13-26-14-11-24)18-23(19-6-2-1-3-7-19)29-20-8-4-5-9-21(20)30-23;3-1(4)2(5)6/h1-9H,10-18H2;(H,3,4)(H,5,6). The van der Waals surface area contributed by atoms with E-state index >= 15 is 0 Å². The number of aliphatic carboxylic acids is 2. The highest BCUT2D eigenvalue weighted by Gasteiger charge is 2.45. The minimum Gasteiger partial charge on any atom is -0.473 e. The van der Waals surface area contributed by atoms with Gasteiger partial charge in [-0.1, -0.05) is 42.5 Å². The molecule has 0 atom stereocenters. The number of para-hydroxylation sites is 2. The number of carboxylic acid groups (broad SMARTS) is 2. The van der Waals surface area contributed by atoms with Crippen LogP contribution in [0.25, 0.3) is 0 Å². The van der Waals surface area contributed by atoms with E-state index in [-0.39, 0.29) is 13.0 Å². The van der Waals surface area contributed by atoms with Gasteiger partial charge in [0, 0.05) is 25.2 Å². The summed E-state index contributed by atoms with van der Waals surface area (Å²) in [6.45, 7) is 5.42. The molecule has 1 saturated heterocycles. The minimum absolute atomic E-state index is 0.0561. The Kier molecular flexibility index (Phi) is 10.0. The number of hydrogen-bond donors (Lipinski definition) is 2. The fourth-order valence-electron chi connectivity index (χ4n) is 3.56. The summed E-state index contributed by atoms with van der Waals surface area (Å²) in [5.41, 5.74) is 0.764. The zero-order valence-electron chi connectivity index (χ0n) is 19.7. The van der Waals surface area contributed by atoms with Crippen molar-refractivity contribution in [3.8, 4) is 11.5 Å². The average Bonchev–Trinajstić information content (AvgIpc) is 3.27. The summed E-state index contributed by atoms with van der Waals surface area (Å²) in [7, 11) is 0. The first-order chi connectivity index (χ1) is 17.4. The van der Waals surface area contributed by atoms with Crippen LogP contribution in [0.4, 0.5) is 0 Å². The fraction of sp³-hybridized carbons (Fsp3) is 0.400. The molecule has 2 N–H and O–H groups in total. The van der Waals surface area contributed by atoms with Crippen molar-refractivity contribution in [3.05, 3.63) is 60.2 Å². The van der Waals surface area contributed by atoms with Gasteiger partial charge >= 0.3 is 17.9 Å². The quantitative estimate of drug-likeness (QED) is 0.294. The van der Waals surface area contributed by atoms with E-state index in [0.29, 0.717) is 24.7 Å². The number of morpholine rings is 1. The smallest absolute Gasteiger partial charge is 0.414 e. The molecule has 0 spiro atoms. The van der Waals surface area contributed by atoms with E-state index in [0.717, 1.165) is 38.4 Å². The van der Waals surface area contributed by atoms with Crippen LogP contribution in [0.15, 0.2) is 54.6 Å². The Morgan fingerprint density at radius 2 is 1.42 bits per heavy atom. The highest BCUT2D eigenvalue weighted by Crippen LogP contribution is 2.45. The summed E-state index contributed by atoms with van der Waals surface area (Å²) >= 11 is 0. The van der Waals surface area contributed by atoms with Crippen molar-refractivity contribution in [2.75, 3.05) is 52.7 Å². The molecule has 4 rings (SSSR count). The predicted molar refractivity (Wildman–Crippen MR) is 125 cm³/mol. The van der Waals surface area contributed by atoms with Crippen LogP contribution in [0, 0.1) is 0 Å². The number of carboxylic acids is 2. The Labute approximate surface area is 208 Å². The van der Waals surface area contributed by atoms with Gasteiger partial charge in [0.1, 0.15) is 13.0 Å². The van der Waals surface area contributed by atoms with Gasteiger partial charge in [-0.2, -0.15) is 0 Å². The van der Waals surface area contributed by atoms with Gasteiger partial charge in [0.15, 0.2) is 11.5 Å². The first-order valence-electron chi connectivity index (χ1n) is 11.4. The van der Waals surface area contributed by atoms with E-state index < -0.39 is 23.7 Å². The topological polar surface area (TPSA) is 141 Å². The monoisotopic (exact) mass is 503 g/mol. The van der Waals surface area contributed by atoms with E-state index in [9.17, 15) is 4.79 Å². The molecule has 2 aliphatic heterocycles. The van der Waals surface area contributed by atoms with Crippen molar-refractivity contribution < 1.29 is 48.3 Å². The van der Waals surface area contributed by atoms with Gasteiger partial charge in [-0.25, -0.2) is 9.59 Å². The maximum absolute atomic E-state index is 12.5. The summed E-state index contributed by atoms with van der Waals surface area (Å²) < 4.78 is 28.5. The number of fused-ring (bicyclic) bond motifs is 1. The molecule has 2 aromatic rings. The van der Waals surface area contributed by atoms with Crippen molar-refractivity contribution in [2.45, 2.75) is 12.2 Å². The summed E-state index contributed by atoms with van der Waals surface area (Å²) in [6, 6.07) is 16.8. The molecule has 0 unspecified atom stereocenters. The third-order valence-electron chi connectivity index (χ3n) is 5.32. The molecular formula is C25H29NO10. The maximum atomic E-state index is 12.5. The van der Waals surface area contributed by atoms with E-state index in [4.69, 9.17) is 43.5 Å². The number of esters is 1. The summed E-state index contributed by atoms with van der Waals surface area (Å²) in [4.78, 5) is 33.0. The second-order valence-corrected chi connectivity index (χ2v) is 7.84. The lowest BCUT2D eigenvalue weighted by Crippen LogP contribution is -2.39. The second-order valence-electron chi connectivity index (χ2n) is 7.84. The lowest BCUT2D eigenvalue weighted by Gasteiger charge is -2.27. The van der Waals surface area contributed by atoms with Gasteiger partial charge < -0.3 is 33.9 Å². The Bertz CT molecular complexity index is 970. The van der Waals surface area contributed by atoms with E-state index in [1.165, 1.54) is 0 Å². The zero-order chi connectivity index (χ0) is 25.8. The van der Waals surface area contributed by atoms with Gasteiger partial charge in [0.05, 0.1) is 26.4 Å². The molecule has 0 radical (unpaired) electrons. The molecule has 0 aromatic heterocycles. The predicted octanol–water partition coefficient (Wildman–Crippen LogP) is 1.75. The van der Waals surface area contributed by atoms with Crippen LogP contribution in [0.2, 0.25) is 0 Å². The normalized spacial score (nSPS) is 15.9. The summed E-state index contributed by atoms with van der Waals surface area (Å²) in [5.74, 6) is -4.05. The molecule has 11 nitrogen and oxygen atoms in total. The highest BCUT2D eigenvalue weighted by atomic mass is 16.7. The second kappa shape index (κ2) is 13.4. The first-order valence-corrected chi connectivity index (χ1v) is 11.4. The third kappa shape index (κ3) is 7.94. The van der Waals surface area contributed by atoms with Crippen LogP contribution in [-0.4, -0.2) is 85.7 Å². The van der Waals surface area contributed by atoms with Crippen LogP contribution in [0.1, 0.15) is 12.0 Å². The van der Waals surface area contributed by atoms with Gasteiger partial charge in [0.25, 0.3) is 5.79 Å². The third-order valence-corrected chi connectivity index (χ3v) is 5.32. The van der Waals surface area contributed by atoms with Crippen LogP contribution >= 0.6 is 0 Å². The van der Waals surface area contributed by atoms with E-state index in [1.54, 1.807) is 0 Å². The highest BCUT2D eigenvalue weighted by molar-refractivity contribution is 6.27. The summed E-state index contributed by atoms with van der Waals surface area (Å²) in [6.07, 6.45) is -0.0561. The Morgan fingerprint density at radius 3 is 2.00 bits per heavy atom. The van der Waals surface area contributed by atoms with E-state index in [1.807, 2.05) is 54.6 Å². The molecule has 1 fully saturated rings. The molecule has 2 aliphatic rings. The Balaban J connectivity index is 0.000000538. The van der Waals surface area contributed by atoms with Gasteiger partial charge in [-0.15, -0.1) is 0 Å². The number of carbonyl (C=O) groups excluding carboxylic acids is 1. The molecule has 194 valence electrons. The number of carbonyl (C=O) groups is 3. The van der Waals surface area contributed by atoms with E-state index in [2.05, 4.69) is 4.90 Å². The molecule has 2 aromatic carbocycles. The molecule has 0 aliphatic carbocycles. The average molecular weight is 504 g/mol. The fourth-order valence-corrected chi connectivity index (χ4v) is 3.56. The van der Waals surface area contributed by atoms with Crippen LogP contribution in [0.5, 0.6) is 11.5 Å². The van der Waals surface area contributed by atoms with Crippen LogP contribution in [0.3, 0.4) is 0 Å². The summed E-state index contributed by atoms with van der Waals surface area (Å²) in [5, 5.41) is 14.8. The van der Waals surface area contributed by atoms with Crippen LogP contribution in [-0.2, 0) is 34.4 Å². The van der Waals surface area contributed by atoms with Gasteiger partial charge in [0.2, 0.25) is 0 Å². The lowest BCUT2D eigenvalue weighted by molar-refractivity contribution is -0.161. The minimum atomic E-state index is -1.82. The maximum Gasteiger partial charge on any atom is 0.414 e. The molecule has 0 saturated carbocycles. The Hall–Kier alpha value is -3.67. The zero-order valence-corrected chi connectivity index (χ0v) is 19.7. The molecular weight excluding hydrogens is 474 g/mol. The number of hydrogen-bond acceptors (Lipinski definition) is 9. The first kappa shape index (κ1) is 26.9. The number of nitrogens with zero attached hydrogens (tertiary/aromatic N) is 1. The molecule has 2 heterocycles. The number of rotatable bonds is 9. The number of benzene rings is 2. The number of ether oxygens (including phenoxy) is 5. The van der Waals surface area contributed by atoms with Crippen molar-refractivity contribution in [2.24, 2.45) is 0 Å². The lowest BCUT2D eigenvalue weighted by atomic mass is 10.0. The van der Waals surface area contributed by atoms with Crippen molar-refractivity contribution >= 4 is 17.9 Å². The van der Waals surface area contributed by atoms with Gasteiger partial charge in [-0.05, 0) is 12.1 Å². The largest absolute Gasteiger partial charge is 0.473 e. The SMILES string of the molecule is O=C(CC1(c2ccccc2)Oc2ccccc2O1)OCCOCCN1CCOCC1.O=C(O)C(=O)O. The van der Waals surface area contributed by atoms with Crippen molar-refractivity contribution in [1.29, 1.82) is 0 Å². The molecule has 0 bridgehead atoms.